The van der Waals surface area contributed by atoms with Gasteiger partial charge >= 0.3 is 5.97 Å². The number of allylic oxidation sites excluding steroid dienone is 1. The number of rotatable bonds is 10. The van der Waals surface area contributed by atoms with E-state index in [9.17, 15) is 19.4 Å². The third kappa shape index (κ3) is 6.53. The highest BCUT2D eigenvalue weighted by atomic mass is 35.5. The smallest absolute Gasteiger partial charge is 0.305 e. The molecule has 0 aliphatic carbocycles. The first-order valence-corrected chi connectivity index (χ1v) is 11.4. The Morgan fingerprint density at radius 2 is 1.71 bits per heavy atom. The highest BCUT2D eigenvalue weighted by molar-refractivity contribution is 6.30. The highest BCUT2D eigenvalue weighted by Gasteiger charge is 2.21. The molecule has 3 rings (SSSR count). The molecule has 6 nitrogen and oxygen atoms in total. The molecule has 0 aliphatic rings. The summed E-state index contributed by atoms with van der Waals surface area (Å²) in [7, 11) is 0. The molecule has 1 heterocycles. The molecule has 0 aliphatic heterocycles. The average molecular weight is 487 g/mol. The van der Waals surface area contributed by atoms with Crippen molar-refractivity contribution in [1.29, 1.82) is 0 Å². The third-order valence-corrected chi connectivity index (χ3v) is 5.57. The van der Waals surface area contributed by atoms with E-state index in [4.69, 9.17) is 21.7 Å². The van der Waals surface area contributed by atoms with Crippen LogP contribution in [0.3, 0.4) is 0 Å². The number of nitrogens with zero attached hydrogens (tertiary/aromatic N) is 2. The standard InChI is InChI=1S/C26H28ClFN2O4/c1-16(2)26-29-24(17-7-11-20(28)12-8-17)25(18-5-9-19(27)10-6-18)30(26)13-3-4-21(31)14-22(32)15-23(33)34/h3-12,16,21-22,31-32H,13-15H2,1-2H3,(H,33,34). The monoisotopic (exact) mass is 486 g/mol. The first kappa shape index (κ1) is 25.6. The molecule has 34 heavy (non-hydrogen) atoms. The zero-order valence-electron chi connectivity index (χ0n) is 19.0. The maximum absolute atomic E-state index is 13.6. The molecule has 2 atom stereocenters. The lowest BCUT2D eigenvalue weighted by Gasteiger charge is -2.14. The minimum atomic E-state index is -1.13. The first-order valence-electron chi connectivity index (χ1n) is 11.0. The zero-order valence-corrected chi connectivity index (χ0v) is 19.8. The molecule has 180 valence electrons. The predicted octanol–water partition coefficient (Wildman–Crippen LogP) is 5.28. The van der Waals surface area contributed by atoms with Crippen LogP contribution in [0.5, 0.6) is 0 Å². The normalized spacial score (nSPS) is 13.5. The Labute approximate surface area is 203 Å². The van der Waals surface area contributed by atoms with Crippen molar-refractivity contribution in [2.45, 2.75) is 51.4 Å². The van der Waals surface area contributed by atoms with Crippen LogP contribution in [0.25, 0.3) is 22.5 Å². The Kier molecular flexibility index (Phi) is 8.61. The quantitative estimate of drug-likeness (QED) is 0.339. The summed E-state index contributed by atoms with van der Waals surface area (Å²) >= 11 is 6.10. The Bertz CT molecular complexity index is 1140. The van der Waals surface area contributed by atoms with Gasteiger partial charge in [0.25, 0.3) is 0 Å². The minimum absolute atomic E-state index is 0.0748. The number of halogens is 2. The van der Waals surface area contributed by atoms with Gasteiger partial charge in [0.15, 0.2) is 0 Å². The van der Waals surface area contributed by atoms with Gasteiger partial charge in [-0.05, 0) is 36.4 Å². The molecule has 3 N–H and O–H groups in total. The van der Waals surface area contributed by atoms with E-state index in [0.717, 1.165) is 22.6 Å². The average Bonchev–Trinajstić information content (AvgIpc) is 3.14. The maximum atomic E-state index is 13.6. The van der Waals surface area contributed by atoms with Gasteiger partial charge in [0.2, 0.25) is 0 Å². The van der Waals surface area contributed by atoms with Gasteiger partial charge < -0.3 is 19.9 Å². The number of benzene rings is 2. The van der Waals surface area contributed by atoms with Crippen molar-refractivity contribution in [3.05, 3.63) is 77.3 Å². The van der Waals surface area contributed by atoms with Crippen LogP contribution in [0.1, 0.15) is 38.4 Å². The van der Waals surface area contributed by atoms with Crippen LogP contribution in [-0.4, -0.2) is 43.0 Å². The number of carbonyl (C=O) groups is 1. The van der Waals surface area contributed by atoms with E-state index in [-0.39, 0.29) is 18.2 Å². The molecule has 3 aromatic rings. The van der Waals surface area contributed by atoms with E-state index < -0.39 is 24.6 Å². The van der Waals surface area contributed by atoms with Crippen molar-refractivity contribution >= 4 is 17.6 Å². The first-order chi connectivity index (χ1) is 16.2. The SMILES string of the molecule is CC(C)c1nc(-c2ccc(F)cc2)c(-c2ccc(Cl)cc2)n1CC=CC(O)CC(O)CC(=O)O. The lowest BCUT2D eigenvalue weighted by atomic mass is 10.0. The molecule has 0 bridgehead atoms. The summed E-state index contributed by atoms with van der Waals surface area (Å²) in [5.41, 5.74) is 3.19. The third-order valence-electron chi connectivity index (χ3n) is 5.32. The Balaban J connectivity index is 2.00. The second-order valence-electron chi connectivity index (χ2n) is 8.43. The maximum Gasteiger partial charge on any atom is 0.305 e. The van der Waals surface area contributed by atoms with Crippen LogP contribution in [-0.2, 0) is 11.3 Å². The summed E-state index contributed by atoms with van der Waals surface area (Å²) in [6.07, 6.45) is 0.681. The summed E-state index contributed by atoms with van der Waals surface area (Å²) < 4.78 is 15.6. The molecule has 0 saturated heterocycles. The summed E-state index contributed by atoms with van der Waals surface area (Å²) in [6.45, 7) is 4.44. The molecule has 2 unspecified atom stereocenters. The van der Waals surface area contributed by atoms with E-state index in [1.54, 1.807) is 36.4 Å². The van der Waals surface area contributed by atoms with Gasteiger partial charge in [-0.15, -0.1) is 0 Å². The molecule has 0 radical (unpaired) electrons. The van der Waals surface area contributed by atoms with Gasteiger partial charge in [0.05, 0.1) is 30.0 Å². The topological polar surface area (TPSA) is 95.6 Å². The minimum Gasteiger partial charge on any atom is -0.481 e. The van der Waals surface area contributed by atoms with E-state index in [0.29, 0.717) is 17.3 Å². The number of aliphatic hydroxyl groups is 2. The molecule has 8 heteroatoms. The largest absolute Gasteiger partial charge is 0.481 e. The van der Waals surface area contributed by atoms with Crippen molar-refractivity contribution in [1.82, 2.24) is 9.55 Å². The molecule has 2 aromatic carbocycles. The Morgan fingerprint density at radius 1 is 1.09 bits per heavy atom. The number of hydrogen-bond donors (Lipinski definition) is 3. The van der Waals surface area contributed by atoms with Crippen molar-refractivity contribution in [2.24, 2.45) is 0 Å². The van der Waals surface area contributed by atoms with Crippen molar-refractivity contribution < 1.29 is 24.5 Å². The van der Waals surface area contributed by atoms with Gasteiger partial charge in [0, 0.05) is 35.0 Å². The summed E-state index contributed by atoms with van der Waals surface area (Å²) in [4.78, 5) is 15.6. The summed E-state index contributed by atoms with van der Waals surface area (Å²) in [5, 5.41) is 29.3. The second-order valence-corrected chi connectivity index (χ2v) is 8.87. The van der Waals surface area contributed by atoms with Gasteiger partial charge in [0.1, 0.15) is 11.6 Å². The van der Waals surface area contributed by atoms with E-state index in [1.165, 1.54) is 12.1 Å². The van der Waals surface area contributed by atoms with E-state index in [2.05, 4.69) is 0 Å². The number of aliphatic carboxylic acids is 1. The summed E-state index contributed by atoms with van der Waals surface area (Å²) in [5.74, 6) is -0.558. The molecular weight excluding hydrogens is 459 g/mol. The number of imidazole rings is 1. The fourth-order valence-corrected chi connectivity index (χ4v) is 3.90. The van der Waals surface area contributed by atoms with Crippen LogP contribution < -0.4 is 0 Å². The fraction of sp³-hybridized carbons (Fsp3) is 0.308. The predicted molar refractivity (Wildman–Crippen MR) is 130 cm³/mol. The molecule has 0 saturated carbocycles. The zero-order chi connectivity index (χ0) is 24.8. The number of carboxylic acid groups (broad SMARTS) is 1. The van der Waals surface area contributed by atoms with Crippen molar-refractivity contribution in [3.63, 3.8) is 0 Å². The summed E-state index contributed by atoms with van der Waals surface area (Å²) in [6, 6.07) is 13.6. The van der Waals surface area contributed by atoms with Gasteiger partial charge in [-0.25, -0.2) is 9.37 Å². The Morgan fingerprint density at radius 3 is 2.29 bits per heavy atom. The lowest BCUT2D eigenvalue weighted by Crippen LogP contribution is -2.19. The van der Waals surface area contributed by atoms with Crippen LogP contribution in [0.4, 0.5) is 4.39 Å². The lowest BCUT2D eigenvalue weighted by molar-refractivity contribution is -0.139. The van der Waals surface area contributed by atoms with E-state index >= 15 is 0 Å². The molecular formula is C26H28ClFN2O4. The van der Waals surface area contributed by atoms with Gasteiger partial charge in [-0.3, -0.25) is 4.79 Å². The van der Waals surface area contributed by atoms with E-state index in [1.807, 2.05) is 30.5 Å². The molecule has 1 aromatic heterocycles. The highest BCUT2D eigenvalue weighted by Crippen LogP contribution is 2.35. The van der Waals surface area contributed by atoms with Gasteiger partial charge in [-0.2, -0.15) is 0 Å². The van der Waals surface area contributed by atoms with Crippen LogP contribution in [0, 0.1) is 5.82 Å². The fourth-order valence-electron chi connectivity index (χ4n) is 3.77. The van der Waals surface area contributed by atoms with Crippen molar-refractivity contribution in [3.8, 4) is 22.5 Å². The second kappa shape index (κ2) is 11.4. The molecule has 0 fully saturated rings. The van der Waals surface area contributed by atoms with Crippen LogP contribution in [0.2, 0.25) is 5.02 Å². The number of hydrogen-bond acceptors (Lipinski definition) is 4. The van der Waals surface area contributed by atoms with Crippen molar-refractivity contribution in [2.75, 3.05) is 0 Å². The van der Waals surface area contributed by atoms with Crippen LogP contribution in [0.15, 0.2) is 60.7 Å². The molecule has 0 amide bonds. The molecule has 0 spiro atoms. The van der Waals surface area contributed by atoms with Gasteiger partial charge in [-0.1, -0.05) is 49.7 Å². The van der Waals surface area contributed by atoms with Crippen LogP contribution >= 0.6 is 11.6 Å². The number of carboxylic acids is 1. The Hall–Kier alpha value is -3.00. The number of aromatic nitrogens is 2. The number of aliphatic hydroxyl groups excluding tert-OH is 2.